The van der Waals surface area contributed by atoms with Gasteiger partial charge in [-0.3, -0.25) is 4.79 Å². The van der Waals surface area contributed by atoms with Crippen LogP contribution in [0.25, 0.3) is 10.9 Å². The number of aromatic nitrogens is 3. The Balaban J connectivity index is 2.86. The molecule has 0 saturated heterocycles. The molecule has 2 heterocycles. The second-order valence-electron chi connectivity index (χ2n) is 3.78. The first-order valence-corrected chi connectivity index (χ1v) is 5.26. The predicted octanol–water partition coefficient (Wildman–Crippen LogP) is 2.09. The highest BCUT2D eigenvalue weighted by Gasteiger charge is 2.13. The number of allylic oxidation sites excluding steroid dienone is 1. The molecular formula is C11H12ClN3O. The van der Waals surface area contributed by atoms with Crippen molar-refractivity contribution >= 4 is 22.5 Å². The average molecular weight is 238 g/mol. The second-order valence-corrected chi connectivity index (χ2v) is 4.31. The van der Waals surface area contributed by atoms with E-state index in [2.05, 4.69) is 16.8 Å². The summed E-state index contributed by atoms with van der Waals surface area (Å²) in [6.07, 6.45) is 1.66. The van der Waals surface area contributed by atoms with Crippen LogP contribution >= 0.6 is 11.6 Å². The van der Waals surface area contributed by atoms with Crippen molar-refractivity contribution in [3.63, 3.8) is 0 Å². The molecule has 1 N–H and O–H groups in total. The molecule has 5 heteroatoms. The molecule has 2 aromatic rings. The van der Waals surface area contributed by atoms with Gasteiger partial charge in [-0.1, -0.05) is 18.2 Å². The Kier molecular flexibility index (Phi) is 2.59. The molecule has 0 amide bonds. The molecule has 0 aliphatic heterocycles. The van der Waals surface area contributed by atoms with Gasteiger partial charge >= 0.3 is 0 Å². The topological polar surface area (TPSA) is 50.7 Å². The summed E-state index contributed by atoms with van der Waals surface area (Å²) >= 11 is 5.80. The van der Waals surface area contributed by atoms with Gasteiger partial charge in [0.2, 0.25) is 0 Å². The van der Waals surface area contributed by atoms with Gasteiger partial charge in [0, 0.05) is 16.1 Å². The van der Waals surface area contributed by atoms with Crippen LogP contribution in [-0.4, -0.2) is 14.8 Å². The first-order valence-electron chi connectivity index (χ1n) is 4.88. The Labute approximate surface area is 97.5 Å². The molecule has 0 bridgehead atoms. The number of aryl methyl sites for hydroxylation is 1. The molecule has 2 aromatic heterocycles. The molecule has 0 radical (unpaired) electrons. The maximum atomic E-state index is 11.7. The normalized spacial score (nSPS) is 10.9. The summed E-state index contributed by atoms with van der Waals surface area (Å²) in [5.41, 5.74) is 2.46. The van der Waals surface area contributed by atoms with E-state index in [1.165, 1.54) is 0 Å². The van der Waals surface area contributed by atoms with Crippen molar-refractivity contribution < 1.29 is 0 Å². The van der Waals surface area contributed by atoms with E-state index in [0.29, 0.717) is 17.1 Å². The highest BCUT2D eigenvalue weighted by molar-refractivity contribution is 6.29. The molecule has 4 nitrogen and oxygen atoms in total. The Morgan fingerprint density at radius 2 is 2.31 bits per heavy atom. The third-order valence-corrected chi connectivity index (χ3v) is 2.90. The molecule has 0 saturated carbocycles. The smallest absolute Gasteiger partial charge is 0.288 e. The molecule has 16 heavy (non-hydrogen) atoms. The standard InChI is InChI=1S/C11H12ClN3O/c1-6(12)5-15-8(3)7(2)9-4-13-14-11(16)10(9)15/h4H,1,5H2,2-3H3,(H,14,16). The van der Waals surface area contributed by atoms with Crippen LogP contribution in [-0.2, 0) is 6.54 Å². The third-order valence-electron chi connectivity index (χ3n) is 2.78. The van der Waals surface area contributed by atoms with E-state index in [1.54, 1.807) is 6.20 Å². The Morgan fingerprint density at radius 3 is 2.94 bits per heavy atom. The summed E-state index contributed by atoms with van der Waals surface area (Å²) in [6, 6.07) is 0. The fourth-order valence-electron chi connectivity index (χ4n) is 1.87. The number of hydrogen-bond acceptors (Lipinski definition) is 2. The van der Waals surface area contributed by atoms with E-state index in [9.17, 15) is 4.79 Å². The number of aromatic amines is 1. The molecule has 2 rings (SSSR count). The number of nitrogens with zero attached hydrogens (tertiary/aromatic N) is 2. The fourth-order valence-corrected chi connectivity index (χ4v) is 1.99. The lowest BCUT2D eigenvalue weighted by Crippen LogP contribution is -2.13. The lowest BCUT2D eigenvalue weighted by Gasteiger charge is -2.05. The molecule has 0 spiro atoms. The number of nitrogens with one attached hydrogen (secondary N) is 1. The maximum absolute atomic E-state index is 11.7. The first-order chi connectivity index (χ1) is 7.52. The summed E-state index contributed by atoms with van der Waals surface area (Å²) in [5.74, 6) is 0. The van der Waals surface area contributed by atoms with E-state index >= 15 is 0 Å². The van der Waals surface area contributed by atoms with Crippen molar-refractivity contribution in [2.24, 2.45) is 0 Å². The zero-order chi connectivity index (χ0) is 11.9. The third kappa shape index (κ3) is 1.55. The molecule has 84 valence electrons. The van der Waals surface area contributed by atoms with Crippen LogP contribution in [0, 0.1) is 13.8 Å². The van der Waals surface area contributed by atoms with Gasteiger partial charge in [0.15, 0.2) is 0 Å². The van der Waals surface area contributed by atoms with Gasteiger partial charge in [-0.15, -0.1) is 0 Å². The summed E-state index contributed by atoms with van der Waals surface area (Å²) in [5, 5.41) is 7.59. The van der Waals surface area contributed by atoms with E-state index in [0.717, 1.165) is 16.6 Å². The van der Waals surface area contributed by atoms with Gasteiger partial charge in [-0.25, -0.2) is 5.10 Å². The van der Waals surface area contributed by atoms with Gasteiger partial charge < -0.3 is 4.57 Å². The van der Waals surface area contributed by atoms with E-state index in [-0.39, 0.29) is 5.56 Å². The lowest BCUT2D eigenvalue weighted by atomic mass is 10.2. The van der Waals surface area contributed by atoms with E-state index in [1.807, 2.05) is 18.4 Å². The number of fused-ring (bicyclic) bond motifs is 1. The largest absolute Gasteiger partial charge is 0.335 e. The summed E-state index contributed by atoms with van der Waals surface area (Å²) in [7, 11) is 0. The van der Waals surface area contributed by atoms with E-state index < -0.39 is 0 Å². The highest BCUT2D eigenvalue weighted by Crippen LogP contribution is 2.22. The van der Waals surface area contributed by atoms with Gasteiger partial charge in [0.25, 0.3) is 5.56 Å². The predicted molar refractivity (Wildman–Crippen MR) is 64.8 cm³/mol. The minimum absolute atomic E-state index is 0.202. The quantitative estimate of drug-likeness (QED) is 0.870. The zero-order valence-electron chi connectivity index (χ0n) is 9.17. The van der Waals surface area contributed by atoms with Crippen molar-refractivity contribution in [1.29, 1.82) is 0 Å². The summed E-state index contributed by atoms with van der Waals surface area (Å²) < 4.78 is 1.86. The molecule has 0 aromatic carbocycles. The van der Waals surface area contributed by atoms with Gasteiger partial charge in [-0.2, -0.15) is 5.10 Å². The summed E-state index contributed by atoms with van der Waals surface area (Å²) in [6.45, 7) is 8.01. The van der Waals surface area contributed by atoms with Crippen LogP contribution in [0.4, 0.5) is 0 Å². The van der Waals surface area contributed by atoms with Crippen LogP contribution in [0.5, 0.6) is 0 Å². The number of H-pyrrole nitrogens is 1. The maximum Gasteiger partial charge on any atom is 0.288 e. The van der Waals surface area contributed by atoms with Gasteiger partial charge in [0.05, 0.1) is 12.7 Å². The Bertz CT molecular complexity index is 624. The van der Waals surface area contributed by atoms with Crippen molar-refractivity contribution in [3.8, 4) is 0 Å². The van der Waals surface area contributed by atoms with Crippen LogP contribution in [0.3, 0.4) is 0 Å². The average Bonchev–Trinajstić information content (AvgIpc) is 2.45. The lowest BCUT2D eigenvalue weighted by molar-refractivity contribution is 0.806. The van der Waals surface area contributed by atoms with Crippen molar-refractivity contribution in [2.75, 3.05) is 0 Å². The molecule has 0 fully saturated rings. The molecule has 0 atom stereocenters. The molecule has 0 aliphatic carbocycles. The van der Waals surface area contributed by atoms with Crippen molar-refractivity contribution in [3.05, 3.63) is 39.4 Å². The van der Waals surface area contributed by atoms with Gasteiger partial charge in [-0.05, 0) is 19.4 Å². The van der Waals surface area contributed by atoms with Crippen molar-refractivity contribution in [2.45, 2.75) is 20.4 Å². The number of hydrogen-bond donors (Lipinski definition) is 1. The van der Waals surface area contributed by atoms with Crippen LogP contribution in [0.15, 0.2) is 22.6 Å². The number of rotatable bonds is 2. The fraction of sp³-hybridized carbons (Fsp3) is 0.273. The minimum atomic E-state index is -0.202. The first kappa shape index (κ1) is 11.0. The SMILES string of the molecule is C=C(Cl)Cn1c(C)c(C)c2cn[nH]c(=O)c21. The van der Waals surface area contributed by atoms with Crippen LogP contribution < -0.4 is 5.56 Å². The van der Waals surface area contributed by atoms with Crippen LogP contribution in [0.2, 0.25) is 0 Å². The summed E-state index contributed by atoms with van der Waals surface area (Å²) in [4.78, 5) is 11.7. The monoisotopic (exact) mass is 237 g/mol. The zero-order valence-corrected chi connectivity index (χ0v) is 9.93. The van der Waals surface area contributed by atoms with Gasteiger partial charge in [0.1, 0.15) is 5.52 Å². The molecule has 0 aliphatic rings. The molecule has 0 unspecified atom stereocenters. The van der Waals surface area contributed by atoms with E-state index in [4.69, 9.17) is 11.6 Å². The Morgan fingerprint density at radius 1 is 1.62 bits per heavy atom. The number of halogens is 1. The van der Waals surface area contributed by atoms with Crippen molar-refractivity contribution in [1.82, 2.24) is 14.8 Å². The highest BCUT2D eigenvalue weighted by atomic mass is 35.5. The molecular weight excluding hydrogens is 226 g/mol. The minimum Gasteiger partial charge on any atom is -0.335 e. The Hall–Kier alpha value is -1.55. The second kappa shape index (κ2) is 3.79. The van der Waals surface area contributed by atoms with Crippen LogP contribution in [0.1, 0.15) is 11.3 Å².